The van der Waals surface area contributed by atoms with E-state index in [0.717, 1.165) is 17.9 Å². The Kier molecular flexibility index (Phi) is 7.60. The zero-order valence-corrected chi connectivity index (χ0v) is 12.8. The van der Waals surface area contributed by atoms with E-state index in [9.17, 15) is 4.79 Å². The smallest absolute Gasteiger partial charge is 0.323 e. The molecule has 1 aromatic rings. The molecule has 106 valence electrons. The van der Waals surface area contributed by atoms with E-state index in [-0.39, 0.29) is 12.0 Å². The standard InChI is InChI=1S/C15H23NO2S/c1-4-18-15(17)14(16-3)8-9-19-11-13-7-5-6-12(2)10-13/h5-7,10,14,16H,4,8-9,11H2,1-3H3. The zero-order valence-electron chi connectivity index (χ0n) is 11.9. The van der Waals surface area contributed by atoms with Gasteiger partial charge in [-0.3, -0.25) is 4.79 Å². The summed E-state index contributed by atoms with van der Waals surface area (Å²) in [5.74, 6) is 1.78. The van der Waals surface area contributed by atoms with Gasteiger partial charge in [-0.2, -0.15) is 11.8 Å². The van der Waals surface area contributed by atoms with Crippen molar-refractivity contribution in [3.05, 3.63) is 35.4 Å². The van der Waals surface area contributed by atoms with Gasteiger partial charge in [0.05, 0.1) is 6.61 Å². The molecular weight excluding hydrogens is 258 g/mol. The van der Waals surface area contributed by atoms with Gasteiger partial charge in [0, 0.05) is 5.75 Å². The summed E-state index contributed by atoms with van der Waals surface area (Å²) in [6.45, 7) is 4.37. The topological polar surface area (TPSA) is 38.3 Å². The number of thioether (sulfide) groups is 1. The number of rotatable bonds is 8. The van der Waals surface area contributed by atoms with Crippen molar-refractivity contribution in [3.8, 4) is 0 Å². The molecule has 0 aliphatic heterocycles. The molecule has 1 rings (SSSR count). The first-order valence-corrected chi connectivity index (χ1v) is 7.80. The van der Waals surface area contributed by atoms with Crippen LogP contribution in [0.2, 0.25) is 0 Å². The molecule has 1 unspecified atom stereocenters. The number of hydrogen-bond acceptors (Lipinski definition) is 4. The van der Waals surface area contributed by atoms with Gasteiger partial charge in [0.2, 0.25) is 0 Å². The number of ether oxygens (including phenoxy) is 1. The van der Waals surface area contributed by atoms with E-state index in [1.807, 2.05) is 18.7 Å². The Bertz CT molecular complexity index is 395. The molecule has 4 heteroatoms. The van der Waals surface area contributed by atoms with E-state index >= 15 is 0 Å². The number of carbonyl (C=O) groups is 1. The minimum absolute atomic E-state index is 0.152. The van der Waals surface area contributed by atoms with Crippen LogP contribution >= 0.6 is 11.8 Å². The van der Waals surface area contributed by atoms with Crippen LogP contribution in [-0.4, -0.2) is 31.4 Å². The van der Waals surface area contributed by atoms with E-state index < -0.39 is 0 Å². The Morgan fingerprint density at radius 3 is 2.89 bits per heavy atom. The molecule has 0 spiro atoms. The molecule has 0 radical (unpaired) electrons. The molecule has 0 aliphatic carbocycles. The summed E-state index contributed by atoms with van der Waals surface area (Å²) in [6.07, 6.45) is 0.797. The molecule has 19 heavy (non-hydrogen) atoms. The number of carbonyl (C=O) groups excluding carboxylic acids is 1. The lowest BCUT2D eigenvalue weighted by Gasteiger charge is -2.14. The quantitative estimate of drug-likeness (QED) is 0.587. The van der Waals surface area contributed by atoms with E-state index in [2.05, 4.69) is 36.5 Å². The first kappa shape index (κ1) is 16.1. The van der Waals surface area contributed by atoms with Crippen molar-refractivity contribution in [2.24, 2.45) is 0 Å². The van der Waals surface area contributed by atoms with Gasteiger partial charge in [-0.15, -0.1) is 0 Å². The predicted octanol–water partition coefficient (Wildman–Crippen LogP) is 2.77. The second-order valence-electron chi connectivity index (χ2n) is 4.42. The van der Waals surface area contributed by atoms with E-state index in [1.54, 1.807) is 7.05 Å². The van der Waals surface area contributed by atoms with E-state index in [0.29, 0.717) is 6.61 Å². The number of esters is 1. The fourth-order valence-electron chi connectivity index (χ4n) is 1.82. The van der Waals surface area contributed by atoms with Crippen LogP contribution in [0.15, 0.2) is 24.3 Å². The molecule has 1 N–H and O–H groups in total. The molecule has 0 saturated carbocycles. The Morgan fingerprint density at radius 1 is 1.47 bits per heavy atom. The summed E-state index contributed by atoms with van der Waals surface area (Å²) in [7, 11) is 1.80. The van der Waals surface area contributed by atoms with Crippen LogP contribution in [-0.2, 0) is 15.3 Å². The molecule has 0 saturated heterocycles. The lowest BCUT2D eigenvalue weighted by atomic mass is 10.2. The van der Waals surface area contributed by atoms with Crippen molar-refractivity contribution < 1.29 is 9.53 Å². The largest absolute Gasteiger partial charge is 0.465 e. The molecule has 0 amide bonds. The van der Waals surface area contributed by atoms with E-state index in [1.165, 1.54) is 11.1 Å². The van der Waals surface area contributed by atoms with Gasteiger partial charge in [-0.25, -0.2) is 0 Å². The van der Waals surface area contributed by atoms with Crippen LogP contribution in [0.3, 0.4) is 0 Å². The second-order valence-corrected chi connectivity index (χ2v) is 5.53. The van der Waals surface area contributed by atoms with Gasteiger partial charge >= 0.3 is 5.97 Å². The van der Waals surface area contributed by atoms with Gasteiger partial charge in [0.25, 0.3) is 0 Å². The monoisotopic (exact) mass is 281 g/mol. The Hall–Kier alpha value is -1.00. The van der Waals surface area contributed by atoms with Crippen LogP contribution in [0.25, 0.3) is 0 Å². The molecule has 0 bridgehead atoms. The van der Waals surface area contributed by atoms with Crippen molar-refractivity contribution in [2.75, 3.05) is 19.4 Å². The Balaban J connectivity index is 2.27. The van der Waals surface area contributed by atoms with Crippen molar-refractivity contribution >= 4 is 17.7 Å². The number of aryl methyl sites for hydroxylation is 1. The normalized spacial score (nSPS) is 12.2. The molecule has 0 fully saturated rings. The fourth-order valence-corrected chi connectivity index (χ4v) is 2.78. The average Bonchev–Trinajstić information content (AvgIpc) is 2.39. The Morgan fingerprint density at radius 2 is 2.26 bits per heavy atom. The van der Waals surface area contributed by atoms with Crippen molar-refractivity contribution in [3.63, 3.8) is 0 Å². The first-order chi connectivity index (χ1) is 9.17. The highest BCUT2D eigenvalue weighted by Gasteiger charge is 2.16. The highest BCUT2D eigenvalue weighted by atomic mass is 32.2. The number of likely N-dealkylation sites (N-methyl/N-ethyl adjacent to an activating group) is 1. The minimum Gasteiger partial charge on any atom is -0.465 e. The van der Waals surface area contributed by atoms with Gasteiger partial charge in [0.15, 0.2) is 0 Å². The zero-order chi connectivity index (χ0) is 14.1. The van der Waals surface area contributed by atoms with Gasteiger partial charge in [-0.1, -0.05) is 29.8 Å². The maximum Gasteiger partial charge on any atom is 0.323 e. The lowest BCUT2D eigenvalue weighted by Crippen LogP contribution is -2.36. The van der Waals surface area contributed by atoms with Crippen LogP contribution < -0.4 is 5.32 Å². The second kappa shape index (κ2) is 8.99. The van der Waals surface area contributed by atoms with E-state index in [4.69, 9.17) is 4.74 Å². The highest BCUT2D eigenvalue weighted by molar-refractivity contribution is 7.98. The number of benzene rings is 1. The molecule has 0 aliphatic rings. The third-order valence-electron chi connectivity index (χ3n) is 2.82. The van der Waals surface area contributed by atoms with Crippen LogP contribution in [0.5, 0.6) is 0 Å². The summed E-state index contributed by atoms with van der Waals surface area (Å²) in [5, 5.41) is 3.01. The predicted molar refractivity (Wildman–Crippen MR) is 81.4 cm³/mol. The molecule has 0 aromatic heterocycles. The minimum atomic E-state index is -0.190. The third-order valence-corrected chi connectivity index (χ3v) is 3.88. The fraction of sp³-hybridized carbons (Fsp3) is 0.533. The highest BCUT2D eigenvalue weighted by Crippen LogP contribution is 2.15. The van der Waals surface area contributed by atoms with Crippen LogP contribution in [0.4, 0.5) is 0 Å². The first-order valence-electron chi connectivity index (χ1n) is 6.64. The SMILES string of the molecule is CCOC(=O)C(CCSCc1cccc(C)c1)NC. The van der Waals surface area contributed by atoms with Crippen LogP contribution in [0.1, 0.15) is 24.5 Å². The van der Waals surface area contributed by atoms with Crippen LogP contribution in [0, 0.1) is 6.92 Å². The van der Waals surface area contributed by atoms with Gasteiger partial charge in [-0.05, 0) is 38.6 Å². The van der Waals surface area contributed by atoms with Crippen molar-refractivity contribution in [1.82, 2.24) is 5.32 Å². The summed E-state index contributed by atoms with van der Waals surface area (Å²) in [6, 6.07) is 8.34. The van der Waals surface area contributed by atoms with Crippen molar-refractivity contribution in [2.45, 2.75) is 32.1 Å². The molecule has 0 heterocycles. The lowest BCUT2D eigenvalue weighted by molar-refractivity contribution is -0.145. The molecule has 1 atom stereocenters. The van der Waals surface area contributed by atoms with Gasteiger partial charge < -0.3 is 10.1 Å². The maximum atomic E-state index is 11.6. The van der Waals surface area contributed by atoms with Crippen molar-refractivity contribution in [1.29, 1.82) is 0 Å². The summed E-state index contributed by atoms with van der Waals surface area (Å²) in [4.78, 5) is 11.6. The molecule has 1 aromatic carbocycles. The maximum absolute atomic E-state index is 11.6. The molecular formula is C15H23NO2S. The average molecular weight is 281 g/mol. The summed E-state index contributed by atoms with van der Waals surface area (Å²) in [5.41, 5.74) is 2.62. The molecule has 3 nitrogen and oxygen atoms in total. The summed E-state index contributed by atoms with van der Waals surface area (Å²) >= 11 is 1.85. The number of hydrogen-bond donors (Lipinski definition) is 1. The van der Waals surface area contributed by atoms with Gasteiger partial charge in [0.1, 0.15) is 6.04 Å². The third kappa shape index (κ3) is 6.12. The Labute approximate surface area is 120 Å². The number of nitrogens with one attached hydrogen (secondary N) is 1. The summed E-state index contributed by atoms with van der Waals surface area (Å²) < 4.78 is 5.02.